The summed E-state index contributed by atoms with van der Waals surface area (Å²) in [6.07, 6.45) is 2.93. The van der Waals surface area contributed by atoms with Crippen LogP contribution in [0, 0.1) is 5.92 Å². The molecule has 5 rings (SSSR count). The Kier molecular flexibility index (Phi) is 6.27. The molecule has 0 bridgehead atoms. The first-order chi connectivity index (χ1) is 16.6. The highest BCUT2D eigenvalue weighted by Gasteiger charge is 2.28. The standard InChI is InChI=1S/C26H24ClN5O2/c27-20-9-4-5-10-21(20)30-25(33)19-12-15-31(16-13-19)24-26(34)32(17-18-7-2-1-3-8-18)23-22(29-24)11-6-14-28-23/h1-11,14,19H,12-13,15-17H2,(H,30,33). The van der Waals surface area contributed by atoms with Gasteiger partial charge < -0.3 is 10.2 Å². The van der Waals surface area contributed by atoms with Gasteiger partial charge in [-0.15, -0.1) is 0 Å². The summed E-state index contributed by atoms with van der Waals surface area (Å²) in [7, 11) is 0. The van der Waals surface area contributed by atoms with Gasteiger partial charge in [0.1, 0.15) is 5.52 Å². The molecule has 2 aromatic carbocycles. The predicted molar refractivity (Wildman–Crippen MR) is 134 cm³/mol. The van der Waals surface area contributed by atoms with Gasteiger partial charge in [0.25, 0.3) is 5.56 Å². The van der Waals surface area contributed by atoms with Crippen LogP contribution in [0.1, 0.15) is 18.4 Å². The van der Waals surface area contributed by atoms with Gasteiger partial charge in [-0.25, -0.2) is 9.97 Å². The number of aromatic nitrogens is 3. The fourth-order valence-electron chi connectivity index (χ4n) is 4.33. The molecule has 2 aromatic heterocycles. The monoisotopic (exact) mass is 473 g/mol. The number of halogens is 1. The molecule has 1 fully saturated rings. The number of rotatable bonds is 5. The second-order valence-electron chi connectivity index (χ2n) is 8.39. The molecule has 0 radical (unpaired) electrons. The van der Waals surface area contributed by atoms with Crippen molar-refractivity contribution >= 4 is 40.2 Å². The minimum absolute atomic E-state index is 0.0510. The zero-order chi connectivity index (χ0) is 23.5. The number of hydrogen-bond donors (Lipinski definition) is 1. The Morgan fingerprint density at radius 3 is 2.50 bits per heavy atom. The maximum Gasteiger partial charge on any atom is 0.295 e. The average molecular weight is 474 g/mol. The summed E-state index contributed by atoms with van der Waals surface area (Å²) >= 11 is 6.18. The number of nitrogens with one attached hydrogen (secondary N) is 1. The second kappa shape index (κ2) is 9.65. The number of anilines is 2. The Labute approximate surface area is 202 Å². The molecule has 7 nitrogen and oxygen atoms in total. The summed E-state index contributed by atoms with van der Waals surface area (Å²) in [4.78, 5) is 37.4. The average Bonchev–Trinajstić information content (AvgIpc) is 2.87. The number of hydrogen-bond acceptors (Lipinski definition) is 5. The summed E-state index contributed by atoms with van der Waals surface area (Å²) in [6, 6.07) is 20.7. The Morgan fingerprint density at radius 2 is 1.74 bits per heavy atom. The first-order valence-electron chi connectivity index (χ1n) is 11.3. The third-order valence-electron chi connectivity index (χ3n) is 6.17. The van der Waals surface area contributed by atoms with Crippen LogP contribution in [0.5, 0.6) is 0 Å². The fraction of sp³-hybridized carbons (Fsp3) is 0.231. The number of fused-ring (bicyclic) bond motifs is 1. The van der Waals surface area contributed by atoms with Gasteiger partial charge in [-0.3, -0.25) is 14.2 Å². The van der Waals surface area contributed by atoms with Crippen LogP contribution in [0.2, 0.25) is 5.02 Å². The predicted octanol–water partition coefficient (Wildman–Crippen LogP) is 4.35. The van der Waals surface area contributed by atoms with Crippen molar-refractivity contribution in [2.75, 3.05) is 23.3 Å². The van der Waals surface area contributed by atoms with Crippen molar-refractivity contribution in [3.05, 3.63) is 93.9 Å². The quantitative estimate of drug-likeness (QED) is 0.466. The molecule has 1 saturated heterocycles. The lowest BCUT2D eigenvalue weighted by molar-refractivity contribution is -0.120. The van der Waals surface area contributed by atoms with E-state index in [9.17, 15) is 9.59 Å². The molecule has 1 aliphatic heterocycles. The van der Waals surface area contributed by atoms with E-state index < -0.39 is 0 Å². The van der Waals surface area contributed by atoms with Gasteiger partial charge in [0.2, 0.25) is 5.91 Å². The van der Waals surface area contributed by atoms with E-state index in [1.54, 1.807) is 22.9 Å². The summed E-state index contributed by atoms with van der Waals surface area (Å²) < 4.78 is 1.68. The van der Waals surface area contributed by atoms with Crippen molar-refractivity contribution in [1.82, 2.24) is 14.5 Å². The van der Waals surface area contributed by atoms with Crippen molar-refractivity contribution in [2.24, 2.45) is 5.92 Å². The second-order valence-corrected chi connectivity index (χ2v) is 8.80. The van der Waals surface area contributed by atoms with E-state index in [0.29, 0.717) is 60.2 Å². The van der Waals surface area contributed by atoms with Crippen molar-refractivity contribution in [3.63, 3.8) is 0 Å². The van der Waals surface area contributed by atoms with Gasteiger partial charge in [0.15, 0.2) is 11.5 Å². The van der Waals surface area contributed by atoms with Gasteiger partial charge in [0.05, 0.1) is 17.3 Å². The van der Waals surface area contributed by atoms with Crippen molar-refractivity contribution < 1.29 is 4.79 Å². The van der Waals surface area contributed by atoms with E-state index in [-0.39, 0.29) is 17.4 Å². The zero-order valence-electron chi connectivity index (χ0n) is 18.5. The third-order valence-corrected chi connectivity index (χ3v) is 6.49. The highest BCUT2D eigenvalue weighted by molar-refractivity contribution is 6.33. The molecule has 172 valence electrons. The lowest BCUT2D eigenvalue weighted by atomic mass is 9.96. The molecule has 0 aliphatic carbocycles. The molecular weight excluding hydrogens is 450 g/mol. The highest BCUT2D eigenvalue weighted by Crippen LogP contribution is 2.25. The molecule has 3 heterocycles. The SMILES string of the molecule is O=C(Nc1ccccc1Cl)C1CCN(c2nc3cccnc3n(Cc3ccccc3)c2=O)CC1. The minimum atomic E-state index is -0.172. The van der Waals surface area contributed by atoms with Gasteiger partial charge in [-0.05, 0) is 42.7 Å². The van der Waals surface area contributed by atoms with E-state index in [0.717, 1.165) is 5.56 Å². The summed E-state index contributed by atoms with van der Waals surface area (Å²) in [5.74, 6) is 0.201. The summed E-state index contributed by atoms with van der Waals surface area (Å²) in [5, 5.41) is 3.44. The number of nitrogens with zero attached hydrogens (tertiary/aromatic N) is 4. The Balaban J connectivity index is 1.37. The molecule has 8 heteroatoms. The largest absolute Gasteiger partial charge is 0.352 e. The molecule has 4 aromatic rings. The van der Waals surface area contributed by atoms with Crippen molar-refractivity contribution in [1.29, 1.82) is 0 Å². The van der Waals surface area contributed by atoms with E-state index >= 15 is 0 Å². The third kappa shape index (κ3) is 4.52. The molecule has 34 heavy (non-hydrogen) atoms. The normalized spacial score (nSPS) is 14.3. The number of pyridine rings is 1. The maximum atomic E-state index is 13.5. The van der Waals surface area contributed by atoms with Crippen LogP contribution in [-0.4, -0.2) is 33.5 Å². The Morgan fingerprint density at radius 1 is 1.00 bits per heavy atom. The number of benzene rings is 2. The smallest absolute Gasteiger partial charge is 0.295 e. The molecule has 1 amide bonds. The van der Waals surface area contributed by atoms with Crippen LogP contribution in [-0.2, 0) is 11.3 Å². The summed E-state index contributed by atoms with van der Waals surface area (Å²) in [6.45, 7) is 1.55. The van der Waals surface area contributed by atoms with Crippen LogP contribution in [0.4, 0.5) is 11.5 Å². The van der Waals surface area contributed by atoms with Gasteiger partial charge in [-0.1, -0.05) is 54.1 Å². The van der Waals surface area contributed by atoms with Crippen LogP contribution >= 0.6 is 11.6 Å². The first-order valence-corrected chi connectivity index (χ1v) is 11.7. The molecular formula is C26H24ClN5O2. The minimum Gasteiger partial charge on any atom is -0.352 e. The molecule has 1 N–H and O–H groups in total. The molecule has 1 aliphatic rings. The summed E-state index contributed by atoms with van der Waals surface area (Å²) in [5.41, 5.74) is 2.70. The van der Waals surface area contributed by atoms with E-state index in [4.69, 9.17) is 11.6 Å². The number of carbonyl (C=O) groups excluding carboxylic acids is 1. The van der Waals surface area contributed by atoms with Crippen LogP contribution in [0.3, 0.4) is 0 Å². The van der Waals surface area contributed by atoms with E-state index in [1.807, 2.05) is 59.5 Å². The molecule has 0 atom stereocenters. The molecule has 0 spiro atoms. The van der Waals surface area contributed by atoms with E-state index in [2.05, 4.69) is 15.3 Å². The lowest BCUT2D eigenvalue weighted by Crippen LogP contribution is -2.42. The Hall–Kier alpha value is -3.71. The van der Waals surface area contributed by atoms with E-state index in [1.165, 1.54) is 0 Å². The van der Waals surface area contributed by atoms with Gasteiger partial charge >= 0.3 is 0 Å². The lowest BCUT2D eigenvalue weighted by Gasteiger charge is -2.32. The maximum absolute atomic E-state index is 13.5. The first kappa shape index (κ1) is 22.1. The van der Waals surface area contributed by atoms with Gasteiger partial charge in [-0.2, -0.15) is 0 Å². The Bertz CT molecular complexity index is 1380. The molecule has 0 unspecified atom stereocenters. The van der Waals surface area contributed by atoms with Crippen LogP contribution < -0.4 is 15.8 Å². The number of carbonyl (C=O) groups is 1. The van der Waals surface area contributed by atoms with Gasteiger partial charge in [0, 0.05) is 25.2 Å². The molecule has 0 saturated carbocycles. The van der Waals surface area contributed by atoms with Crippen LogP contribution in [0.15, 0.2) is 77.7 Å². The topological polar surface area (TPSA) is 80.1 Å². The number of amides is 1. The number of para-hydroxylation sites is 1. The highest BCUT2D eigenvalue weighted by atomic mass is 35.5. The van der Waals surface area contributed by atoms with Crippen molar-refractivity contribution in [2.45, 2.75) is 19.4 Å². The zero-order valence-corrected chi connectivity index (χ0v) is 19.3. The number of piperidine rings is 1. The van der Waals surface area contributed by atoms with Crippen LogP contribution in [0.25, 0.3) is 11.2 Å². The van der Waals surface area contributed by atoms with Crippen molar-refractivity contribution in [3.8, 4) is 0 Å². The fourth-order valence-corrected chi connectivity index (χ4v) is 4.52.